The molecule has 1 aromatic heterocycles. The highest BCUT2D eigenvalue weighted by Gasteiger charge is 2.51. The van der Waals surface area contributed by atoms with Gasteiger partial charge in [-0.15, -0.1) is 0 Å². The highest BCUT2D eigenvalue weighted by Crippen LogP contribution is 2.44. The van der Waals surface area contributed by atoms with Crippen LogP contribution >= 0.6 is 11.6 Å². The normalized spacial score (nSPS) is 19.4. The average molecular weight is 596 g/mol. The Morgan fingerprint density at radius 3 is 2.73 bits per heavy atom. The van der Waals surface area contributed by atoms with E-state index in [1.165, 1.54) is 6.07 Å². The van der Waals surface area contributed by atoms with Crippen molar-refractivity contribution in [1.82, 2.24) is 15.2 Å². The number of aliphatic hydroxyl groups is 1. The van der Waals surface area contributed by atoms with Gasteiger partial charge >= 0.3 is 5.97 Å². The first kappa shape index (κ1) is 28.8. The highest BCUT2D eigenvalue weighted by atomic mass is 35.5. The number of pyridine rings is 1. The van der Waals surface area contributed by atoms with Gasteiger partial charge in [0.05, 0.1) is 11.4 Å². The van der Waals surface area contributed by atoms with Crippen molar-refractivity contribution in [2.24, 2.45) is 0 Å². The molecule has 0 saturated carbocycles. The maximum absolute atomic E-state index is 13.2. The number of nitrogens with zero attached hydrogens (tertiary/aromatic N) is 2. The molecule has 0 radical (unpaired) electrons. The first-order valence-corrected chi connectivity index (χ1v) is 15.4. The lowest BCUT2D eigenvalue weighted by Gasteiger charge is -2.38. The molecule has 1 atom stereocenters. The third kappa shape index (κ3) is 6.00. The van der Waals surface area contributed by atoms with E-state index in [1.54, 1.807) is 55.7 Å². The zero-order valence-corrected chi connectivity index (χ0v) is 24.3. The molecular formula is C30H30ClN3O6S. The molecule has 5 rings (SSSR count). The van der Waals surface area contributed by atoms with Gasteiger partial charge in [0, 0.05) is 42.3 Å². The summed E-state index contributed by atoms with van der Waals surface area (Å²) in [4.78, 5) is 31.9. The van der Waals surface area contributed by atoms with Crippen molar-refractivity contribution in [1.29, 1.82) is 0 Å². The van der Waals surface area contributed by atoms with Crippen molar-refractivity contribution < 1.29 is 27.9 Å². The number of aliphatic hydroxyl groups excluding tert-OH is 1. The largest absolute Gasteiger partial charge is 0.507 e. The van der Waals surface area contributed by atoms with E-state index in [4.69, 9.17) is 16.3 Å². The van der Waals surface area contributed by atoms with Crippen molar-refractivity contribution >= 4 is 38.9 Å². The second-order valence-electron chi connectivity index (χ2n) is 10.5. The van der Waals surface area contributed by atoms with Crippen LogP contribution in [0, 0.1) is 6.92 Å². The van der Waals surface area contributed by atoms with Gasteiger partial charge in [-0.3, -0.25) is 14.7 Å². The molecule has 3 heterocycles. The van der Waals surface area contributed by atoms with Crippen molar-refractivity contribution in [3.63, 3.8) is 0 Å². The van der Waals surface area contributed by atoms with Crippen LogP contribution in [0.2, 0.25) is 5.02 Å². The van der Waals surface area contributed by atoms with Crippen LogP contribution in [0.5, 0.6) is 0 Å². The fraction of sp³-hybridized carbons (Fsp3) is 0.300. The van der Waals surface area contributed by atoms with Crippen molar-refractivity contribution in [3.8, 4) is 11.1 Å². The van der Waals surface area contributed by atoms with Gasteiger partial charge in [-0.25, -0.2) is 13.2 Å². The summed E-state index contributed by atoms with van der Waals surface area (Å²) in [6, 6.07) is 13.5. The Kier molecular flexibility index (Phi) is 7.91. The van der Waals surface area contributed by atoms with Gasteiger partial charge in [0.1, 0.15) is 5.57 Å². The molecule has 2 aromatic carbocycles. The number of aromatic nitrogens is 1. The van der Waals surface area contributed by atoms with E-state index in [0.29, 0.717) is 53.2 Å². The number of carbonyl (C=O) groups is 2. The number of rotatable bonds is 7. The van der Waals surface area contributed by atoms with Crippen molar-refractivity contribution in [2.45, 2.75) is 36.8 Å². The zero-order valence-electron chi connectivity index (χ0n) is 22.7. The van der Waals surface area contributed by atoms with Gasteiger partial charge in [-0.1, -0.05) is 29.8 Å². The Morgan fingerprint density at radius 1 is 1.20 bits per heavy atom. The minimum absolute atomic E-state index is 0.0451. The van der Waals surface area contributed by atoms with Crippen LogP contribution in [0.15, 0.2) is 71.6 Å². The summed E-state index contributed by atoms with van der Waals surface area (Å²) in [6.07, 6.45) is 5.53. The van der Waals surface area contributed by atoms with Crippen molar-refractivity contribution in [2.75, 3.05) is 25.9 Å². The number of benzene rings is 2. The van der Waals surface area contributed by atoms with Crippen LogP contribution < -0.4 is 5.32 Å². The van der Waals surface area contributed by atoms with E-state index in [1.807, 2.05) is 11.0 Å². The molecule has 2 aliphatic rings. The molecule has 1 spiro atoms. The second kappa shape index (κ2) is 11.3. The Labute approximate surface area is 243 Å². The summed E-state index contributed by atoms with van der Waals surface area (Å²) in [5.41, 5.74) is 1.98. The van der Waals surface area contributed by atoms with Gasteiger partial charge in [0.2, 0.25) is 5.91 Å². The number of piperidine rings is 1. The number of nitrogens with one attached hydrogen (secondary N) is 1. The fourth-order valence-electron chi connectivity index (χ4n) is 5.39. The smallest absolute Gasteiger partial charge is 0.343 e. The number of ether oxygens (including phenoxy) is 1. The number of likely N-dealkylation sites (tertiary alicyclic amines) is 1. The summed E-state index contributed by atoms with van der Waals surface area (Å²) in [7, 11) is -3.41. The number of esters is 1. The van der Waals surface area contributed by atoms with E-state index >= 15 is 0 Å². The Hall–Kier alpha value is -3.73. The number of hydrogen-bond acceptors (Lipinski definition) is 8. The van der Waals surface area contributed by atoms with Crippen molar-refractivity contribution in [3.05, 3.63) is 88.4 Å². The third-order valence-electron chi connectivity index (χ3n) is 7.43. The molecule has 11 heteroatoms. The molecule has 1 unspecified atom stereocenters. The van der Waals surface area contributed by atoms with Crippen LogP contribution in [0.1, 0.15) is 29.5 Å². The SMILES string of the molecule is Cc1cc(-c2cccc(S(C)(=O)=O)c2)c(Cl)cc1C1=C(O)C2(CCCN(CC(=O)NCc3cccnc3)C2)OC1=O. The molecular weight excluding hydrogens is 566 g/mol. The number of halogens is 1. The van der Waals surface area contributed by atoms with E-state index in [9.17, 15) is 23.1 Å². The lowest BCUT2D eigenvalue weighted by molar-refractivity contribution is -0.152. The first-order valence-electron chi connectivity index (χ1n) is 13.1. The maximum atomic E-state index is 13.2. The van der Waals surface area contributed by atoms with Crippen LogP contribution in [0.25, 0.3) is 16.7 Å². The average Bonchev–Trinajstić information content (AvgIpc) is 3.16. The summed E-state index contributed by atoms with van der Waals surface area (Å²) >= 11 is 6.65. The molecule has 1 saturated heterocycles. The second-order valence-corrected chi connectivity index (χ2v) is 12.9. The first-order chi connectivity index (χ1) is 19.5. The molecule has 0 bridgehead atoms. The minimum Gasteiger partial charge on any atom is -0.507 e. The van der Waals surface area contributed by atoms with E-state index in [-0.39, 0.29) is 35.2 Å². The van der Waals surface area contributed by atoms with E-state index in [2.05, 4.69) is 10.3 Å². The molecule has 214 valence electrons. The Balaban J connectivity index is 1.37. The van der Waals surface area contributed by atoms with Crippen LogP contribution in [-0.2, 0) is 30.7 Å². The van der Waals surface area contributed by atoms with Gasteiger partial charge in [0.25, 0.3) is 0 Å². The third-order valence-corrected chi connectivity index (χ3v) is 8.85. The lowest BCUT2D eigenvalue weighted by atomic mass is 9.87. The van der Waals surface area contributed by atoms with Crippen LogP contribution in [0.3, 0.4) is 0 Å². The molecule has 2 aliphatic heterocycles. The Bertz CT molecular complexity index is 1660. The van der Waals surface area contributed by atoms with Crippen LogP contribution in [0.4, 0.5) is 0 Å². The standard InChI is InChI=1S/C30H30ClN3O6S/c1-19-12-24(21-7-3-8-22(13-21)41(2,38)39)25(31)14-23(19)27-28(36)30(40-29(27)37)9-5-11-34(18-30)17-26(35)33-16-20-6-4-10-32-15-20/h3-4,6-8,10,12-15,36H,5,9,11,16-18H2,1-2H3,(H,33,35). The van der Waals surface area contributed by atoms with E-state index in [0.717, 1.165) is 11.8 Å². The van der Waals surface area contributed by atoms with Gasteiger partial charge in [0.15, 0.2) is 21.2 Å². The molecule has 1 fully saturated rings. The van der Waals surface area contributed by atoms with Gasteiger partial charge in [-0.05, 0) is 78.9 Å². The summed E-state index contributed by atoms with van der Waals surface area (Å²) in [6.45, 7) is 3.03. The molecule has 9 nitrogen and oxygen atoms in total. The zero-order chi connectivity index (χ0) is 29.4. The van der Waals surface area contributed by atoms with Gasteiger partial charge < -0.3 is 15.2 Å². The molecule has 3 aromatic rings. The molecule has 41 heavy (non-hydrogen) atoms. The summed E-state index contributed by atoms with van der Waals surface area (Å²) in [5.74, 6) is -1.01. The van der Waals surface area contributed by atoms with Gasteiger partial charge in [-0.2, -0.15) is 0 Å². The summed E-state index contributed by atoms with van der Waals surface area (Å²) < 4.78 is 29.9. The summed E-state index contributed by atoms with van der Waals surface area (Å²) in [5, 5.41) is 14.6. The molecule has 2 N–H and O–H groups in total. The topological polar surface area (TPSA) is 126 Å². The quantitative estimate of drug-likeness (QED) is 0.391. The number of carbonyl (C=O) groups excluding carboxylic acids is 2. The maximum Gasteiger partial charge on any atom is 0.343 e. The predicted octanol–water partition coefficient (Wildman–Crippen LogP) is 4.09. The van der Waals surface area contributed by atoms with E-state index < -0.39 is 21.4 Å². The monoisotopic (exact) mass is 595 g/mol. The number of amides is 1. The number of hydrogen-bond donors (Lipinski definition) is 2. The fourth-order valence-corrected chi connectivity index (χ4v) is 6.33. The van der Waals surface area contributed by atoms with Crippen LogP contribution in [-0.4, -0.2) is 66.8 Å². The molecule has 1 amide bonds. The minimum atomic E-state index is -3.41. The molecule has 0 aliphatic carbocycles. The number of aryl methyl sites for hydroxylation is 1. The highest BCUT2D eigenvalue weighted by molar-refractivity contribution is 7.90. The number of sulfone groups is 1. The Morgan fingerprint density at radius 2 is 2.00 bits per heavy atom. The predicted molar refractivity (Wildman–Crippen MR) is 155 cm³/mol. The lowest BCUT2D eigenvalue weighted by Crippen LogP contribution is -2.52.